The number of fused-ring (bicyclic) bond motifs is 5. The van der Waals surface area contributed by atoms with Crippen LogP contribution in [0.15, 0.2) is 189 Å². The van der Waals surface area contributed by atoms with Crippen molar-refractivity contribution in [3.05, 3.63) is 175 Å². The zero-order chi connectivity index (χ0) is 28.8. The van der Waals surface area contributed by atoms with Crippen LogP contribution in [0.3, 0.4) is 0 Å². The largest absolute Gasteiger partial charge is 0.310 e. The Bertz CT molecular complexity index is 2000. The van der Waals surface area contributed by atoms with Gasteiger partial charge in [0.25, 0.3) is 0 Å². The first-order chi connectivity index (χ1) is 21.3. The average Bonchev–Trinajstić information content (AvgIpc) is 3.37. The van der Waals surface area contributed by atoms with Gasteiger partial charge in [0, 0.05) is 52.6 Å². The highest BCUT2D eigenvalue weighted by molar-refractivity contribution is 8.34. The minimum Gasteiger partial charge on any atom is -0.310 e. The van der Waals surface area contributed by atoms with E-state index in [1.165, 1.54) is 36.1 Å². The Kier molecular flexibility index (Phi) is 6.33. The highest BCUT2D eigenvalue weighted by atomic mass is 35.5. The molecule has 0 amide bonds. The van der Waals surface area contributed by atoms with Crippen molar-refractivity contribution in [1.29, 1.82) is 0 Å². The van der Waals surface area contributed by atoms with Crippen molar-refractivity contribution < 1.29 is 0 Å². The molecule has 0 atom stereocenters. The van der Waals surface area contributed by atoms with Crippen molar-refractivity contribution in [3.8, 4) is 11.1 Å². The maximum Gasteiger partial charge on any atom is 0.0495 e. The third kappa shape index (κ3) is 4.02. The molecule has 0 radical (unpaired) electrons. The van der Waals surface area contributed by atoms with Crippen LogP contribution in [-0.4, -0.2) is 0 Å². The quantitative estimate of drug-likeness (QED) is 0.193. The van der Waals surface area contributed by atoms with E-state index in [-0.39, 0.29) is 0 Å². The first kappa shape index (κ1) is 25.9. The van der Waals surface area contributed by atoms with Crippen molar-refractivity contribution in [2.24, 2.45) is 0 Å². The molecule has 1 aliphatic rings. The van der Waals surface area contributed by atoms with Crippen molar-refractivity contribution in [2.75, 3.05) is 4.90 Å². The van der Waals surface area contributed by atoms with Gasteiger partial charge >= 0.3 is 0 Å². The standard InChI is InChI=1S/C40H28ClNS/c41-37-28-39-40(35-24-14-13-23-34(35)37)36-27-31(42(29-15-5-1-6-16-29)30-17-7-2-8-18-30)25-26-38(36)43(39,32-19-9-3-10-20-32)33-21-11-4-12-22-33/h1-28H. The highest BCUT2D eigenvalue weighted by Crippen LogP contribution is 2.81. The van der Waals surface area contributed by atoms with E-state index >= 15 is 0 Å². The summed E-state index contributed by atoms with van der Waals surface area (Å²) in [6.45, 7) is 0. The van der Waals surface area contributed by atoms with Crippen LogP contribution in [0.5, 0.6) is 0 Å². The van der Waals surface area contributed by atoms with Gasteiger partial charge in [-0.3, -0.25) is 0 Å². The summed E-state index contributed by atoms with van der Waals surface area (Å²) in [6.07, 6.45) is 0. The van der Waals surface area contributed by atoms with Crippen LogP contribution in [-0.2, 0) is 0 Å². The van der Waals surface area contributed by atoms with Gasteiger partial charge in [-0.2, -0.15) is 0 Å². The molecule has 1 nitrogen and oxygen atoms in total. The lowest BCUT2D eigenvalue weighted by Gasteiger charge is -2.39. The van der Waals surface area contributed by atoms with E-state index in [1.54, 1.807) is 0 Å². The van der Waals surface area contributed by atoms with Crippen LogP contribution in [0.1, 0.15) is 0 Å². The van der Waals surface area contributed by atoms with Gasteiger partial charge in [-0.15, -0.1) is 10.0 Å². The van der Waals surface area contributed by atoms with E-state index in [4.69, 9.17) is 11.6 Å². The number of halogens is 1. The van der Waals surface area contributed by atoms with Crippen LogP contribution < -0.4 is 4.90 Å². The van der Waals surface area contributed by atoms with Gasteiger partial charge in [-0.25, -0.2) is 0 Å². The Hall–Kier alpha value is -4.76. The summed E-state index contributed by atoms with van der Waals surface area (Å²) in [6, 6.07) is 61.1. The molecule has 206 valence electrons. The smallest absolute Gasteiger partial charge is 0.0495 e. The Morgan fingerprint density at radius 3 is 1.47 bits per heavy atom. The zero-order valence-corrected chi connectivity index (χ0v) is 25.0. The van der Waals surface area contributed by atoms with Crippen LogP contribution in [0.4, 0.5) is 17.1 Å². The lowest BCUT2D eigenvalue weighted by atomic mass is 9.97. The fourth-order valence-corrected chi connectivity index (χ4v) is 11.1. The lowest BCUT2D eigenvalue weighted by Crippen LogP contribution is -2.10. The number of para-hydroxylation sites is 2. The number of hydrogen-bond donors (Lipinski definition) is 0. The lowest BCUT2D eigenvalue weighted by molar-refractivity contribution is 1.26. The van der Waals surface area contributed by atoms with Gasteiger partial charge in [0.15, 0.2) is 0 Å². The molecule has 0 bridgehead atoms. The average molecular weight is 590 g/mol. The van der Waals surface area contributed by atoms with E-state index in [2.05, 4.69) is 175 Å². The molecule has 7 aromatic rings. The van der Waals surface area contributed by atoms with E-state index in [0.29, 0.717) is 0 Å². The number of rotatable bonds is 5. The summed E-state index contributed by atoms with van der Waals surface area (Å²) in [5.74, 6) is 0. The normalized spacial score (nSPS) is 13.7. The molecular formula is C40H28ClNS. The van der Waals surface area contributed by atoms with E-state index in [9.17, 15) is 0 Å². The van der Waals surface area contributed by atoms with Crippen LogP contribution in [0.25, 0.3) is 21.9 Å². The summed E-state index contributed by atoms with van der Waals surface area (Å²) in [7, 11) is -1.83. The molecule has 0 saturated heterocycles. The van der Waals surface area contributed by atoms with Gasteiger partial charge in [0.1, 0.15) is 0 Å². The van der Waals surface area contributed by atoms with E-state index < -0.39 is 10.0 Å². The summed E-state index contributed by atoms with van der Waals surface area (Å²) in [5, 5.41) is 3.07. The Labute approximate surface area is 259 Å². The second-order valence-corrected chi connectivity index (χ2v) is 14.2. The highest BCUT2D eigenvalue weighted by Gasteiger charge is 2.43. The predicted molar refractivity (Wildman–Crippen MR) is 183 cm³/mol. The summed E-state index contributed by atoms with van der Waals surface area (Å²) in [5.41, 5.74) is 5.91. The van der Waals surface area contributed by atoms with Crippen molar-refractivity contribution >= 4 is 49.5 Å². The van der Waals surface area contributed by atoms with Gasteiger partial charge in [-0.05, 0) is 83.7 Å². The second-order valence-electron chi connectivity index (χ2n) is 10.7. The molecule has 0 unspecified atom stereocenters. The minimum absolute atomic E-state index is 0.793. The van der Waals surface area contributed by atoms with Gasteiger partial charge < -0.3 is 4.90 Å². The van der Waals surface area contributed by atoms with Crippen molar-refractivity contribution in [2.45, 2.75) is 19.6 Å². The SMILES string of the molecule is Clc1cc2c(c3ccccc13)-c1cc(N(c3ccccc3)c3ccccc3)ccc1S2(c1ccccc1)c1ccccc1. The molecule has 0 spiro atoms. The number of hydrogen-bond acceptors (Lipinski definition) is 1. The molecule has 43 heavy (non-hydrogen) atoms. The molecule has 7 aromatic carbocycles. The molecule has 0 fully saturated rings. The predicted octanol–water partition coefficient (Wildman–Crippen LogP) is 12.3. The molecular weight excluding hydrogens is 562 g/mol. The fraction of sp³-hybridized carbons (Fsp3) is 0. The second kappa shape index (κ2) is 10.5. The maximum atomic E-state index is 7.13. The van der Waals surface area contributed by atoms with Gasteiger partial charge in [-0.1, -0.05) is 109 Å². The Morgan fingerprint density at radius 2 is 0.907 bits per heavy atom. The van der Waals surface area contributed by atoms with Crippen molar-refractivity contribution in [1.82, 2.24) is 0 Å². The number of anilines is 3. The summed E-state index contributed by atoms with van der Waals surface area (Å²) in [4.78, 5) is 7.61. The maximum absolute atomic E-state index is 7.13. The topological polar surface area (TPSA) is 3.24 Å². The third-order valence-corrected chi connectivity index (χ3v) is 12.6. The number of nitrogens with zero attached hydrogens (tertiary/aromatic N) is 1. The summed E-state index contributed by atoms with van der Waals surface area (Å²) < 4.78 is 0. The zero-order valence-electron chi connectivity index (χ0n) is 23.4. The fourth-order valence-electron chi connectivity index (χ4n) is 6.56. The van der Waals surface area contributed by atoms with Crippen molar-refractivity contribution in [3.63, 3.8) is 0 Å². The van der Waals surface area contributed by atoms with Gasteiger partial charge in [0.2, 0.25) is 0 Å². The molecule has 8 rings (SSSR count). The molecule has 0 aromatic heterocycles. The third-order valence-electron chi connectivity index (χ3n) is 8.33. The van der Waals surface area contributed by atoms with E-state index in [0.717, 1.165) is 27.5 Å². The molecule has 1 heterocycles. The van der Waals surface area contributed by atoms with Crippen LogP contribution >= 0.6 is 21.6 Å². The molecule has 1 aliphatic heterocycles. The molecule has 0 saturated carbocycles. The molecule has 3 heteroatoms. The molecule has 0 aliphatic carbocycles. The minimum atomic E-state index is -1.83. The van der Waals surface area contributed by atoms with Crippen LogP contribution in [0, 0.1) is 0 Å². The van der Waals surface area contributed by atoms with Gasteiger partial charge in [0.05, 0.1) is 0 Å². The number of benzene rings is 7. The first-order valence-electron chi connectivity index (χ1n) is 14.5. The monoisotopic (exact) mass is 589 g/mol. The summed E-state index contributed by atoms with van der Waals surface area (Å²) >= 11 is 7.13. The first-order valence-corrected chi connectivity index (χ1v) is 16.5. The molecule has 0 N–H and O–H groups in total. The van der Waals surface area contributed by atoms with Crippen LogP contribution in [0.2, 0.25) is 5.02 Å². The van der Waals surface area contributed by atoms with E-state index in [1.807, 2.05) is 0 Å². The Morgan fingerprint density at radius 1 is 0.419 bits per heavy atom. The Balaban J connectivity index is 1.50.